The van der Waals surface area contributed by atoms with Gasteiger partial charge in [-0.1, -0.05) is 12.1 Å². The van der Waals surface area contributed by atoms with E-state index in [0.29, 0.717) is 11.3 Å². The molecule has 0 saturated heterocycles. The van der Waals surface area contributed by atoms with Gasteiger partial charge in [-0.2, -0.15) is 0 Å². The van der Waals surface area contributed by atoms with Gasteiger partial charge in [-0.15, -0.1) is 0 Å². The van der Waals surface area contributed by atoms with Crippen LogP contribution in [0.25, 0.3) is 28.2 Å². The van der Waals surface area contributed by atoms with Gasteiger partial charge < -0.3 is 10.7 Å². The van der Waals surface area contributed by atoms with E-state index < -0.39 is 11.6 Å². The Kier molecular flexibility index (Phi) is 3.58. The van der Waals surface area contributed by atoms with Crippen molar-refractivity contribution < 1.29 is 4.79 Å². The molecule has 26 heavy (non-hydrogen) atoms. The standard InChI is InChI=1S/C18H14N6O2/c1-10-3-2-4-12(9-10)24-17-14(22-18(24)26)13(15(19)25)21-16(23-17)11-5-7-20-8-6-11/h2-9H,1H3,(H2,19,25)(H,22,26). The number of rotatable bonds is 3. The summed E-state index contributed by atoms with van der Waals surface area (Å²) < 4.78 is 1.40. The molecule has 8 nitrogen and oxygen atoms in total. The molecule has 0 aliphatic heterocycles. The average molecular weight is 346 g/mol. The summed E-state index contributed by atoms with van der Waals surface area (Å²) in [6, 6.07) is 10.8. The molecule has 0 aliphatic carbocycles. The minimum atomic E-state index is -0.745. The van der Waals surface area contributed by atoms with Crippen LogP contribution in [0.3, 0.4) is 0 Å². The molecule has 1 amide bonds. The Morgan fingerprint density at radius 1 is 1.15 bits per heavy atom. The summed E-state index contributed by atoms with van der Waals surface area (Å²) in [4.78, 5) is 39.8. The molecule has 4 rings (SSSR count). The smallest absolute Gasteiger partial charge is 0.332 e. The lowest BCUT2D eigenvalue weighted by Crippen LogP contribution is -2.15. The number of hydrogen-bond acceptors (Lipinski definition) is 5. The summed E-state index contributed by atoms with van der Waals surface area (Å²) in [6.07, 6.45) is 3.19. The first-order valence-corrected chi connectivity index (χ1v) is 7.84. The second-order valence-electron chi connectivity index (χ2n) is 5.80. The zero-order valence-electron chi connectivity index (χ0n) is 13.8. The molecule has 0 spiro atoms. The van der Waals surface area contributed by atoms with Gasteiger partial charge in [0.2, 0.25) is 0 Å². The number of H-pyrrole nitrogens is 1. The number of imidazole rings is 1. The lowest BCUT2D eigenvalue weighted by atomic mass is 10.2. The molecule has 0 atom stereocenters. The number of fused-ring (bicyclic) bond motifs is 1. The number of nitrogens with one attached hydrogen (secondary N) is 1. The van der Waals surface area contributed by atoms with Crippen molar-refractivity contribution >= 4 is 17.1 Å². The molecule has 0 radical (unpaired) electrons. The summed E-state index contributed by atoms with van der Waals surface area (Å²) in [7, 11) is 0. The topological polar surface area (TPSA) is 120 Å². The number of aromatic nitrogens is 5. The van der Waals surface area contributed by atoms with Crippen molar-refractivity contribution in [3.05, 3.63) is 70.5 Å². The van der Waals surface area contributed by atoms with Crippen LogP contribution in [-0.4, -0.2) is 30.4 Å². The molecule has 4 aromatic rings. The van der Waals surface area contributed by atoms with E-state index in [1.165, 1.54) is 4.57 Å². The maximum atomic E-state index is 12.6. The number of nitrogens with two attached hydrogens (primary N) is 1. The van der Waals surface area contributed by atoms with E-state index >= 15 is 0 Å². The molecule has 3 aromatic heterocycles. The number of hydrogen-bond donors (Lipinski definition) is 2. The van der Waals surface area contributed by atoms with Crippen LogP contribution < -0.4 is 11.4 Å². The summed E-state index contributed by atoms with van der Waals surface area (Å²) in [5, 5.41) is 0. The zero-order valence-corrected chi connectivity index (χ0v) is 13.8. The Bertz CT molecular complexity index is 1190. The molecule has 8 heteroatoms. The van der Waals surface area contributed by atoms with Crippen LogP contribution in [0.4, 0.5) is 0 Å². The Morgan fingerprint density at radius 2 is 1.92 bits per heavy atom. The van der Waals surface area contributed by atoms with Crippen molar-refractivity contribution in [1.29, 1.82) is 0 Å². The van der Waals surface area contributed by atoms with Crippen molar-refractivity contribution in [2.24, 2.45) is 5.73 Å². The predicted octanol–water partition coefficient (Wildman–Crippen LogP) is 1.58. The highest BCUT2D eigenvalue weighted by atomic mass is 16.2. The van der Waals surface area contributed by atoms with Crippen molar-refractivity contribution in [1.82, 2.24) is 24.5 Å². The molecule has 0 bridgehead atoms. The van der Waals surface area contributed by atoms with E-state index in [2.05, 4.69) is 19.9 Å². The van der Waals surface area contributed by atoms with Crippen molar-refractivity contribution in [2.75, 3.05) is 0 Å². The van der Waals surface area contributed by atoms with E-state index in [1.807, 2.05) is 25.1 Å². The van der Waals surface area contributed by atoms with Gasteiger partial charge >= 0.3 is 5.69 Å². The van der Waals surface area contributed by atoms with Crippen LogP contribution in [-0.2, 0) is 0 Å². The lowest BCUT2D eigenvalue weighted by Gasteiger charge is -2.07. The van der Waals surface area contributed by atoms with E-state index in [1.54, 1.807) is 30.6 Å². The maximum absolute atomic E-state index is 12.6. The van der Waals surface area contributed by atoms with Crippen molar-refractivity contribution in [3.63, 3.8) is 0 Å². The number of pyridine rings is 1. The minimum Gasteiger partial charge on any atom is -0.364 e. The van der Waals surface area contributed by atoms with Gasteiger partial charge in [-0.05, 0) is 36.8 Å². The maximum Gasteiger partial charge on any atom is 0.332 e. The number of aromatic amines is 1. The number of carbonyl (C=O) groups excluding carboxylic acids is 1. The first-order chi connectivity index (χ1) is 12.5. The zero-order chi connectivity index (χ0) is 18.3. The number of primary amides is 1. The Hall–Kier alpha value is -3.81. The molecule has 0 unspecified atom stereocenters. The first-order valence-electron chi connectivity index (χ1n) is 7.84. The molecule has 0 aliphatic rings. The van der Waals surface area contributed by atoms with E-state index in [-0.39, 0.29) is 22.7 Å². The summed E-state index contributed by atoms with van der Waals surface area (Å²) in [5.41, 5.74) is 7.80. The van der Waals surface area contributed by atoms with Crippen molar-refractivity contribution in [3.8, 4) is 17.1 Å². The Morgan fingerprint density at radius 3 is 2.62 bits per heavy atom. The highest BCUT2D eigenvalue weighted by Crippen LogP contribution is 2.21. The largest absolute Gasteiger partial charge is 0.364 e. The third kappa shape index (κ3) is 2.53. The predicted molar refractivity (Wildman–Crippen MR) is 96.0 cm³/mol. The fraction of sp³-hybridized carbons (Fsp3) is 0.0556. The number of amides is 1. The lowest BCUT2D eigenvalue weighted by molar-refractivity contribution is 0.0997. The fourth-order valence-electron chi connectivity index (χ4n) is 2.80. The van der Waals surface area contributed by atoms with Crippen molar-refractivity contribution in [2.45, 2.75) is 6.92 Å². The SMILES string of the molecule is Cc1cccc(-n2c(=O)[nH]c3c(C(N)=O)nc(-c4ccncc4)nc32)c1. The second kappa shape index (κ2) is 5.92. The van der Waals surface area contributed by atoms with E-state index in [9.17, 15) is 9.59 Å². The second-order valence-corrected chi connectivity index (χ2v) is 5.80. The summed E-state index contributed by atoms with van der Waals surface area (Å²) in [6.45, 7) is 1.93. The van der Waals surface area contributed by atoms with E-state index in [4.69, 9.17) is 5.73 Å². The molecule has 3 heterocycles. The minimum absolute atomic E-state index is 0.0367. The molecule has 3 N–H and O–H groups in total. The first kappa shape index (κ1) is 15.7. The number of carbonyl (C=O) groups is 1. The Balaban J connectivity index is 2.08. The van der Waals surface area contributed by atoms with Crippen LogP contribution in [0.15, 0.2) is 53.6 Å². The van der Waals surface area contributed by atoms with Crippen LogP contribution in [0.1, 0.15) is 16.1 Å². The van der Waals surface area contributed by atoms with Crippen LogP contribution in [0.2, 0.25) is 0 Å². The quantitative estimate of drug-likeness (QED) is 0.583. The van der Waals surface area contributed by atoms with Gasteiger partial charge in [0.25, 0.3) is 5.91 Å². The van der Waals surface area contributed by atoms with Gasteiger partial charge in [-0.3, -0.25) is 9.78 Å². The normalized spacial score (nSPS) is 11.0. The molecule has 128 valence electrons. The van der Waals surface area contributed by atoms with Crippen LogP contribution >= 0.6 is 0 Å². The highest BCUT2D eigenvalue weighted by Gasteiger charge is 2.20. The number of aryl methyl sites for hydroxylation is 1. The van der Waals surface area contributed by atoms with Crippen LogP contribution in [0.5, 0.6) is 0 Å². The monoisotopic (exact) mass is 346 g/mol. The van der Waals surface area contributed by atoms with Crippen LogP contribution in [0, 0.1) is 6.92 Å². The van der Waals surface area contributed by atoms with Gasteiger partial charge in [0.15, 0.2) is 17.2 Å². The number of nitrogens with zero attached hydrogens (tertiary/aromatic N) is 4. The van der Waals surface area contributed by atoms with Gasteiger partial charge in [0.05, 0.1) is 5.69 Å². The van der Waals surface area contributed by atoms with Gasteiger partial charge in [-0.25, -0.2) is 19.3 Å². The molecular weight excluding hydrogens is 332 g/mol. The average Bonchev–Trinajstić information content (AvgIpc) is 2.97. The molecule has 0 fully saturated rings. The van der Waals surface area contributed by atoms with Gasteiger partial charge in [0, 0.05) is 18.0 Å². The molecular formula is C18H14N6O2. The third-order valence-electron chi connectivity index (χ3n) is 3.97. The van der Waals surface area contributed by atoms with E-state index in [0.717, 1.165) is 5.56 Å². The fourth-order valence-corrected chi connectivity index (χ4v) is 2.80. The highest BCUT2D eigenvalue weighted by molar-refractivity contribution is 6.02. The Labute approximate surface area is 147 Å². The molecule has 1 aromatic carbocycles. The summed E-state index contributed by atoms with van der Waals surface area (Å²) in [5.74, 6) is -0.459. The third-order valence-corrected chi connectivity index (χ3v) is 3.97. The molecule has 0 saturated carbocycles. The van der Waals surface area contributed by atoms with Gasteiger partial charge in [0.1, 0.15) is 5.52 Å². The summed E-state index contributed by atoms with van der Waals surface area (Å²) >= 11 is 0. The number of benzene rings is 1.